The van der Waals surface area contributed by atoms with E-state index >= 15 is 0 Å². The SMILES string of the molecule is O=C(Cc1ncccn1)Nc1ccc(C2=NC(Cc3ccc4ccccc4c3)C(=O)Nc3cc(Cl)ccc32)cc1. The molecule has 0 saturated heterocycles. The third-order valence-corrected chi connectivity index (χ3v) is 6.94. The smallest absolute Gasteiger partial charge is 0.249 e. The molecule has 1 aliphatic rings. The molecular formula is C32H24ClN5O2. The summed E-state index contributed by atoms with van der Waals surface area (Å²) < 4.78 is 0. The number of aliphatic imine (C=N–C) groups is 1. The Kier molecular flexibility index (Phi) is 7.04. The van der Waals surface area contributed by atoms with Crippen molar-refractivity contribution in [3.63, 3.8) is 0 Å². The number of carbonyl (C=O) groups is 2. The third kappa shape index (κ3) is 5.60. The molecule has 2 heterocycles. The van der Waals surface area contributed by atoms with Crippen molar-refractivity contribution in [2.75, 3.05) is 10.6 Å². The molecular weight excluding hydrogens is 522 g/mol. The van der Waals surface area contributed by atoms with Crippen LogP contribution in [0.5, 0.6) is 0 Å². The Labute approximate surface area is 236 Å². The van der Waals surface area contributed by atoms with Gasteiger partial charge in [0.15, 0.2) is 0 Å². The Balaban J connectivity index is 1.30. The molecule has 2 amide bonds. The van der Waals surface area contributed by atoms with Crippen LogP contribution in [0.2, 0.25) is 5.02 Å². The van der Waals surface area contributed by atoms with Crippen molar-refractivity contribution in [1.82, 2.24) is 9.97 Å². The van der Waals surface area contributed by atoms with Crippen LogP contribution in [0.15, 0.2) is 108 Å². The van der Waals surface area contributed by atoms with E-state index in [0.29, 0.717) is 34.4 Å². The molecule has 1 aromatic heterocycles. The second kappa shape index (κ2) is 11.1. The summed E-state index contributed by atoms with van der Waals surface area (Å²) in [5.41, 5.74) is 4.53. The normalized spacial score (nSPS) is 14.6. The molecule has 1 atom stereocenters. The standard InChI is InChI=1S/C32H24ClN5O2/c33-24-10-13-26-27(18-24)38-32(40)28(17-20-6-7-21-4-1-2-5-23(21)16-20)37-31(26)22-8-11-25(12-9-22)36-30(39)19-29-34-14-3-15-35-29/h1-16,18,28H,17,19H2,(H,36,39)(H,38,40). The van der Waals surface area contributed by atoms with Crippen LogP contribution < -0.4 is 10.6 Å². The van der Waals surface area contributed by atoms with Crippen LogP contribution in [0, 0.1) is 0 Å². The second-order valence-electron chi connectivity index (χ2n) is 9.53. The zero-order valence-electron chi connectivity index (χ0n) is 21.3. The lowest BCUT2D eigenvalue weighted by Crippen LogP contribution is -2.27. The molecule has 196 valence electrons. The number of benzodiazepines with no additional fused rings is 1. The van der Waals surface area contributed by atoms with E-state index < -0.39 is 6.04 Å². The van der Waals surface area contributed by atoms with Crippen LogP contribution in [-0.4, -0.2) is 33.5 Å². The molecule has 8 heteroatoms. The highest BCUT2D eigenvalue weighted by Gasteiger charge is 2.26. The molecule has 6 rings (SSSR count). The molecule has 2 N–H and O–H groups in total. The predicted molar refractivity (Wildman–Crippen MR) is 158 cm³/mol. The van der Waals surface area contributed by atoms with Gasteiger partial charge in [-0.15, -0.1) is 0 Å². The van der Waals surface area contributed by atoms with E-state index in [-0.39, 0.29) is 18.2 Å². The average molecular weight is 546 g/mol. The topological polar surface area (TPSA) is 96.3 Å². The number of fused-ring (bicyclic) bond motifs is 2. The number of hydrogen-bond donors (Lipinski definition) is 2. The van der Waals surface area contributed by atoms with Crippen molar-refractivity contribution in [3.05, 3.63) is 131 Å². The summed E-state index contributed by atoms with van der Waals surface area (Å²) in [7, 11) is 0. The number of halogens is 1. The molecule has 1 aliphatic heterocycles. The summed E-state index contributed by atoms with van der Waals surface area (Å²) in [6.45, 7) is 0. The van der Waals surface area contributed by atoms with E-state index in [1.165, 1.54) is 0 Å². The minimum atomic E-state index is -0.646. The Morgan fingerprint density at radius 3 is 2.45 bits per heavy atom. The van der Waals surface area contributed by atoms with E-state index in [9.17, 15) is 9.59 Å². The van der Waals surface area contributed by atoms with Gasteiger partial charge in [-0.3, -0.25) is 14.6 Å². The van der Waals surface area contributed by atoms with Crippen LogP contribution in [0.1, 0.15) is 22.5 Å². The molecule has 0 spiro atoms. The number of anilines is 2. The van der Waals surface area contributed by atoms with Gasteiger partial charge in [-0.05, 0) is 52.7 Å². The highest BCUT2D eigenvalue weighted by atomic mass is 35.5. The minimum absolute atomic E-state index is 0.0771. The van der Waals surface area contributed by atoms with E-state index in [4.69, 9.17) is 16.6 Å². The number of rotatable bonds is 6. The van der Waals surface area contributed by atoms with Gasteiger partial charge in [0, 0.05) is 40.7 Å². The fourth-order valence-corrected chi connectivity index (χ4v) is 4.94. The number of amides is 2. The fourth-order valence-electron chi connectivity index (χ4n) is 4.77. The maximum atomic E-state index is 13.3. The summed E-state index contributed by atoms with van der Waals surface area (Å²) in [4.78, 5) is 39.0. The Hall–Kier alpha value is -4.88. The van der Waals surface area contributed by atoms with Crippen LogP contribution in [-0.2, 0) is 22.4 Å². The summed E-state index contributed by atoms with van der Waals surface area (Å²) in [6, 6.07) is 28.2. The number of aromatic nitrogens is 2. The van der Waals surface area contributed by atoms with Gasteiger partial charge in [-0.1, -0.05) is 66.2 Å². The van der Waals surface area contributed by atoms with Gasteiger partial charge < -0.3 is 10.6 Å². The molecule has 0 radical (unpaired) electrons. The summed E-state index contributed by atoms with van der Waals surface area (Å²) in [5.74, 6) is 0.0454. The van der Waals surface area contributed by atoms with Gasteiger partial charge >= 0.3 is 0 Å². The van der Waals surface area contributed by atoms with Crippen LogP contribution in [0.4, 0.5) is 11.4 Å². The maximum Gasteiger partial charge on any atom is 0.249 e. The van der Waals surface area contributed by atoms with E-state index in [1.807, 2.05) is 48.5 Å². The monoisotopic (exact) mass is 545 g/mol. The lowest BCUT2D eigenvalue weighted by atomic mass is 9.99. The molecule has 4 aromatic carbocycles. The van der Waals surface area contributed by atoms with E-state index in [0.717, 1.165) is 27.5 Å². The van der Waals surface area contributed by atoms with E-state index in [2.05, 4.69) is 44.9 Å². The molecule has 0 bridgehead atoms. The molecule has 0 saturated carbocycles. The van der Waals surface area contributed by atoms with Crippen molar-refractivity contribution in [3.8, 4) is 0 Å². The number of hydrogen-bond acceptors (Lipinski definition) is 5. The van der Waals surface area contributed by atoms with Gasteiger partial charge in [0.25, 0.3) is 0 Å². The van der Waals surface area contributed by atoms with E-state index in [1.54, 1.807) is 30.6 Å². The van der Waals surface area contributed by atoms with Crippen molar-refractivity contribution in [2.24, 2.45) is 4.99 Å². The number of carbonyl (C=O) groups excluding carboxylic acids is 2. The summed E-state index contributed by atoms with van der Waals surface area (Å²) in [6.07, 6.45) is 3.73. The lowest BCUT2D eigenvalue weighted by Gasteiger charge is -2.12. The number of benzene rings is 4. The highest BCUT2D eigenvalue weighted by Crippen LogP contribution is 2.29. The zero-order valence-corrected chi connectivity index (χ0v) is 22.1. The fraction of sp³-hybridized carbons (Fsp3) is 0.0938. The minimum Gasteiger partial charge on any atom is -0.326 e. The molecule has 1 unspecified atom stereocenters. The first kappa shape index (κ1) is 25.4. The largest absolute Gasteiger partial charge is 0.326 e. The van der Waals surface area contributed by atoms with Crippen molar-refractivity contribution in [1.29, 1.82) is 0 Å². The van der Waals surface area contributed by atoms with Gasteiger partial charge in [-0.2, -0.15) is 0 Å². The Morgan fingerprint density at radius 1 is 0.875 bits per heavy atom. The summed E-state index contributed by atoms with van der Waals surface area (Å²) in [5, 5.41) is 8.68. The molecule has 0 aliphatic carbocycles. The first-order chi connectivity index (χ1) is 19.5. The molecule has 5 aromatic rings. The van der Waals surface area contributed by atoms with Crippen LogP contribution in [0.25, 0.3) is 10.8 Å². The summed E-state index contributed by atoms with van der Waals surface area (Å²) >= 11 is 6.28. The number of nitrogens with one attached hydrogen (secondary N) is 2. The van der Waals surface area contributed by atoms with Gasteiger partial charge in [-0.25, -0.2) is 9.97 Å². The quantitative estimate of drug-likeness (QED) is 0.279. The maximum absolute atomic E-state index is 13.3. The van der Waals surface area contributed by atoms with Gasteiger partial charge in [0.05, 0.1) is 17.8 Å². The first-order valence-corrected chi connectivity index (χ1v) is 13.2. The Morgan fingerprint density at radius 2 is 1.65 bits per heavy atom. The molecule has 0 fully saturated rings. The Bertz CT molecular complexity index is 1750. The van der Waals surface area contributed by atoms with Crippen molar-refractivity contribution in [2.45, 2.75) is 18.9 Å². The van der Waals surface area contributed by atoms with Crippen LogP contribution in [0.3, 0.4) is 0 Å². The highest BCUT2D eigenvalue weighted by molar-refractivity contribution is 6.31. The van der Waals surface area contributed by atoms with Crippen LogP contribution >= 0.6 is 11.6 Å². The first-order valence-electron chi connectivity index (χ1n) is 12.8. The van der Waals surface area contributed by atoms with Crippen molar-refractivity contribution >= 4 is 51.3 Å². The zero-order chi connectivity index (χ0) is 27.5. The van der Waals surface area contributed by atoms with Gasteiger partial charge in [0.1, 0.15) is 11.9 Å². The molecule has 7 nitrogen and oxygen atoms in total. The third-order valence-electron chi connectivity index (χ3n) is 6.71. The molecule has 40 heavy (non-hydrogen) atoms. The average Bonchev–Trinajstić information content (AvgIpc) is 3.09. The predicted octanol–water partition coefficient (Wildman–Crippen LogP) is 5.87. The number of nitrogens with zero attached hydrogens (tertiary/aromatic N) is 3. The van der Waals surface area contributed by atoms with Crippen molar-refractivity contribution < 1.29 is 9.59 Å². The second-order valence-corrected chi connectivity index (χ2v) is 9.96. The lowest BCUT2D eigenvalue weighted by molar-refractivity contribution is -0.117. The van der Waals surface area contributed by atoms with Gasteiger partial charge in [0.2, 0.25) is 11.8 Å².